The Labute approximate surface area is 638 Å². The number of sulfonamides is 1. The van der Waals surface area contributed by atoms with Gasteiger partial charge in [0.1, 0.15) is 28.8 Å². The molecule has 27 heteroatoms. The largest absolute Gasteiger partial charge is 0.507 e. The zero-order valence-electron chi connectivity index (χ0n) is 60.2. The third-order valence-electron chi connectivity index (χ3n) is 17.6. The van der Waals surface area contributed by atoms with E-state index in [4.69, 9.17) is 16.3 Å². The number of aromatic hydroxyl groups is 2. The fourth-order valence-electron chi connectivity index (χ4n) is 12.7. The molecule has 11 aromatic rings. The van der Waals surface area contributed by atoms with Gasteiger partial charge in [-0.15, -0.1) is 11.6 Å². The minimum absolute atomic E-state index is 0.00212. The van der Waals surface area contributed by atoms with Crippen molar-refractivity contribution < 1.29 is 42.5 Å². The van der Waals surface area contributed by atoms with Crippen molar-refractivity contribution in [3.63, 3.8) is 0 Å². The number of carbonyl (C=O) groups is 4. The van der Waals surface area contributed by atoms with Gasteiger partial charge in [0.2, 0.25) is 21.8 Å². The molecule has 0 unspecified atom stereocenters. The lowest BCUT2D eigenvalue weighted by atomic mass is 9.97. The topological polar surface area (TPSA) is 316 Å². The molecule has 8 aromatic heterocycles. The molecule has 2 atom stereocenters. The van der Waals surface area contributed by atoms with Crippen LogP contribution in [0.2, 0.25) is 0 Å². The fraction of sp³-hybridized carbons (Fsp3) is 0.244. The summed E-state index contributed by atoms with van der Waals surface area (Å²) >= 11 is 5.75. The highest BCUT2D eigenvalue weighted by Crippen LogP contribution is 2.33. The Morgan fingerprint density at radius 2 is 0.743 bits per heavy atom. The maximum absolute atomic E-state index is 15.1. The van der Waals surface area contributed by atoms with Crippen LogP contribution in [0.3, 0.4) is 0 Å². The number of rotatable bonds is 39. The van der Waals surface area contributed by atoms with Gasteiger partial charge in [-0.2, -0.15) is 0 Å². The number of hydrogen-bond donors (Lipinski definition) is 6. The molecule has 0 fully saturated rings. The van der Waals surface area contributed by atoms with E-state index >= 15 is 4.79 Å². The summed E-state index contributed by atoms with van der Waals surface area (Å²) in [4.78, 5) is 104. The number of nitrogens with one attached hydrogen (secondary N) is 4. The number of nitrogens with zero attached hydrogens (tertiary/aromatic N) is 12. The molecule has 560 valence electrons. The van der Waals surface area contributed by atoms with Crippen LogP contribution in [0.25, 0.3) is 0 Å². The number of halogens is 1. The number of pyridine rings is 8. The second kappa shape index (κ2) is 39.7. The van der Waals surface area contributed by atoms with Crippen LogP contribution in [0.4, 0.5) is 5.69 Å². The molecule has 0 aliphatic rings. The first-order valence-corrected chi connectivity index (χ1v) is 37.6. The van der Waals surface area contributed by atoms with E-state index in [-0.39, 0.29) is 74.7 Å². The summed E-state index contributed by atoms with van der Waals surface area (Å²) in [6, 6.07) is 55.6. The first-order valence-electron chi connectivity index (χ1n) is 35.4. The lowest BCUT2D eigenvalue weighted by molar-refractivity contribution is -0.145. The number of methoxy groups -OCH3 is 1. The third-order valence-corrected chi connectivity index (χ3v) is 19.3. The highest BCUT2D eigenvalue weighted by molar-refractivity contribution is 7.93. The van der Waals surface area contributed by atoms with Crippen molar-refractivity contribution in [2.24, 2.45) is 0 Å². The van der Waals surface area contributed by atoms with Crippen molar-refractivity contribution in [3.8, 4) is 11.5 Å². The second-order valence-corrected chi connectivity index (χ2v) is 28.5. The van der Waals surface area contributed by atoms with E-state index in [2.05, 4.69) is 80.1 Å². The van der Waals surface area contributed by atoms with E-state index in [1.165, 1.54) is 31.4 Å². The molecule has 0 saturated heterocycles. The Morgan fingerprint density at radius 1 is 0.422 bits per heavy atom. The van der Waals surface area contributed by atoms with E-state index in [1.54, 1.807) is 61.7 Å². The third kappa shape index (κ3) is 24.6. The number of hydrogen-bond acceptors (Lipinski definition) is 21. The van der Waals surface area contributed by atoms with Crippen LogP contribution in [0.1, 0.15) is 95.7 Å². The van der Waals surface area contributed by atoms with Crippen LogP contribution < -0.4 is 20.7 Å². The second-order valence-electron chi connectivity index (χ2n) is 26.2. The maximum Gasteiger partial charge on any atom is 0.328 e. The normalized spacial score (nSPS) is 12.0. The van der Waals surface area contributed by atoms with Crippen molar-refractivity contribution in [2.45, 2.75) is 110 Å². The molecule has 3 amide bonds. The lowest BCUT2D eigenvalue weighted by Crippen LogP contribution is -2.49. The molecular formula is C82H85ClN16O9S. The van der Waals surface area contributed by atoms with Crippen LogP contribution in [0, 0.1) is 0 Å². The van der Waals surface area contributed by atoms with Crippen LogP contribution in [-0.2, 0) is 121 Å². The molecule has 0 radical (unpaired) electrons. The van der Waals surface area contributed by atoms with E-state index in [9.17, 15) is 33.0 Å². The Morgan fingerprint density at radius 3 is 1.04 bits per heavy atom. The molecular weight excluding hydrogens is 1420 g/mol. The van der Waals surface area contributed by atoms with E-state index in [1.807, 2.05) is 158 Å². The monoisotopic (exact) mass is 1500 g/mol. The summed E-state index contributed by atoms with van der Waals surface area (Å²) in [5.41, 5.74) is 9.42. The molecule has 0 bridgehead atoms. The summed E-state index contributed by atoms with van der Waals surface area (Å²) in [6.07, 6.45) is 13.1. The number of aromatic nitrogens is 8. The average Bonchev–Trinajstić information content (AvgIpc) is 0.811. The molecule has 11 rings (SSSR count). The van der Waals surface area contributed by atoms with E-state index < -0.39 is 51.0 Å². The number of alkyl halides is 1. The van der Waals surface area contributed by atoms with Gasteiger partial charge in [0.25, 0.3) is 5.91 Å². The molecule has 0 saturated carbocycles. The number of benzene rings is 3. The van der Waals surface area contributed by atoms with Gasteiger partial charge >= 0.3 is 5.97 Å². The Balaban J connectivity index is 0.890. The summed E-state index contributed by atoms with van der Waals surface area (Å²) < 4.78 is 33.0. The quantitative estimate of drug-likeness (QED) is 0.0154. The number of phenolic OH excluding ortho intramolecular Hbond substituents is 2. The molecule has 0 spiro atoms. The Kier molecular flexibility index (Phi) is 28.5. The van der Waals surface area contributed by atoms with Crippen LogP contribution >= 0.6 is 11.6 Å². The molecule has 6 N–H and O–H groups in total. The van der Waals surface area contributed by atoms with Gasteiger partial charge in [-0.3, -0.25) is 78.6 Å². The summed E-state index contributed by atoms with van der Waals surface area (Å²) in [6.45, 7) is 3.47. The predicted octanol–water partition coefficient (Wildman–Crippen LogP) is 9.75. The van der Waals surface area contributed by atoms with Crippen LogP contribution in [0.5, 0.6) is 11.5 Å². The number of carbonyl (C=O) groups excluding carboxylic acids is 4. The highest BCUT2D eigenvalue weighted by atomic mass is 35.5. The van der Waals surface area contributed by atoms with Gasteiger partial charge in [-0.1, -0.05) is 78.9 Å². The number of esters is 1. The van der Waals surface area contributed by atoms with Gasteiger partial charge in [0, 0.05) is 187 Å². The highest BCUT2D eigenvalue weighted by Gasteiger charge is 2.29. The van der Waals surface area contributed by atoms with Gasteiger partial charge in [-0.05, 0) is 126 Å². The molecule has 25 nitrogen and oxygen atoms in total. The molecule has 109 heavy (non-hydrogen) atoms. The molecule has 0 aliphatic carbocycles. The number of ether oxygens (including phenoxy) is 1. The summed E-state index contributed by atoms with van der Waals surface area (Å²) in [7, 11) is -2.77. The van der Waals surface area contributed by atoms with Crippen LogP contribution in [0.15, 0.2) is 244 Å². The van der Waals surface area contributed by atoms with Crippen molar-refractivity contribution >= 4 is 51.0 Å². The van der Waals surface area contributed by atoms with Crippen molar-refractivity contribution in [2.75, 3.05) is 23.6 Å². The van der Waals surface area contributed by atoms with Crippen molar-refractivity contribution in [1.82, 2.24) is 75.4 Å². The van der Waals surface area contributed by atoms with Gasteiger partial charge in [-0.25, -0.2) is 13.2 Å². The molecule has 0 aliphatic heterocycles. The zero-order valence-corrected chi connectivity index (χ0v) is 61.7. The van der Waals surface area contributed by atoms with E-state index in [0.717, 1.165) is 45.6 Å². The lowest BCUT2D eigenvalue weighted by Gasteiger charge is -2.26. The smallest absolute Gasteiger partial charge is 0.328 e. The number of anilines is 1. The minimum atomic E-state index is -3.99. The predicted molar refractivity (Wildman–Crippen MR) is 412 cm³/mol. The van der Waals surface area contributed by atoms with Gasteiger partial charge in [0.05, 0.1) is 52.7 Å². The Hall–Kier alpha value is -11.8. The SMILES string of the molecule is COC(=O)[C@H](Cc1cc(CN(Cc2ccccn2)Cc2ccccn2)c(O)c(CN(Cc2ccccn2)Cc2ccccn2)c1)NC(=O)CCNC(=O)[C@H](Cc1cc(CN(Cc2ccccn2)Cc2ccccn2)c(O)c(CN(Cc2ccccn2)Cc2ccccn2)c1)NC(=O)c1cccc(NS(=O)(=O)CCl)c1. The molecule has 3 aromatic carbocycles. The fourth-order valence-corrected chi connectivity index (χ4v) is 13.4. The van der Waals surface area contributed by atoms with Crippen LogP contribution in [-0.4, -0.2) is 133 Å². The summed E-state index contributed by atoms with van der Waals surface area (Å²) in [5.74, 6) is -2.82. The van der Waals surface area contributed by atoms with Crippen molar-refractivity contribution in [1.29, 1.82) is 0 Å². The van der Waals surface area contributed by atoms with Gasteiger partial charge < -0.3 is 30.9 Å². The average molecular weight is 1510 g/mol. The maximum atomic E-state index is 15.1. The molecule has 8 heterocycles. The summed E-state index contributed by atoms with van der Waals surface area (Å²) in [5, 5.41) is 33.1. The minimum Gasteiger partial charge on any atom is -0.507 e. The van der Waals surface area contributed by atoms with E-state index in [0.29, 0.717) is 85.7 Å². The zero-order chi connectivity index (χ0) is 76.2. The number of phenols is 2. The first-order chi connectivity index (χ1) is 53.0. The number of amides is 3. The standard InChI is InChI=1S/C82H85ClN16O9S/c1-108-82(105)76(44-60-41-64(48-98(54-71-24-6-14-34-88-71)55-72-25-7-15-35-89-72)79(102)65(42-60)49-99(56-73-26-8-16-36-90-73)57-74-27-9-17-37-91-74)93-77(100)29-38-92-81(104)75(94-80(103)61-19-18-28-66(45-61)95-109(106,107)58-83)43-59-39-62(46-96(50-67-20-2-10-30-84-67)51-68-21-3-11-31-85-68)78(101)63(40-59)47-97(52-69-22-4-12-32-86-69)53-70-23-5-13-33-87-70/h2-28,30-37,39-42,45,75-76,95,101-102H,29,38,43-44,46-58H2,1H3,(H,92,104)(H,93,100)(H,94,103)/t75-,76-/m0/s1. The first kappa shape index (κ1) is 78.3. The van der Waals surface area contributed by atoms with Crippen molar-refractivity contribution in [3.05, 3.63) is 328 Å². The van der Waals surface area contributed by atoms with Gasteiger partial charge in [0.15, 0.2) is 0 Å². The Bertz CT molecular complexity index is 4470.